The summed E-state index contributed by atoms with van der Waals surface area (Å²) in [7, 11) is 1.14. The number of urea groups is 1. The lowest BCUT2D eigenvalue weighted by molar-refractivity contribution is -0.123. The zero-order valence-corrected chi connectivity index (χ0v) is 13.7. The molecule has 1 aromatic rings. The summed E-state index contributed by atoms with van der Waals surface area (Å²) in [5.41, 5.74) is -0.534. The summed E-state index contributed by atoms with van der Waals surface area (Å²) in [6.07, 6.45) is 0. The zero-order valence-electron chi connectivity index (χ0n) is 13.7. The number of ether oxygens (including phenoxy) is 1. The number of hydrogen-bond acceptors (Lipinski definition) is 3. The number of rotatable bonds is 4. The van der Waals surface area contributed by atoms with Crippen molar-refractivity contribution >= 4 is 17.6 Å². The second kappa shape index (κ2) is 7.26. The molecule has 128 valence electrons. The molecule has 0 spiro atoms. The van der Waals surface area contributed by atoms with Crippen LogP contribution in [0.2, 0.25) is 0 Å². The van der Waals surface area contributed by atoms with E-state index in [1.54, 1.807) is 20.8 Å². The smallest absolute Gasteiger partial charge is 0.319 e. The molecule has 0 heterocycles. The van der Waals surface area contributed by atoms with Crippen LogP contribution in [0.5, 0.6) is 5.75 Å². The normalized spacial score (nSPS) is 12.3. The molecular formula is C15H21F2N3O3. The third kappa shape index (κ3) is 5.72. The summed E-state index contributed by atoms with van der Waals surface area (Å²) in [5, 5.41) is 7.34. The highest BCUT2D eigenvalue weighted by molar-refractivity contribution is 5.93. The van der Waals surface area contributed by atoms with Crippen LogP contribution in [0.3, 0.4) is 0 Å². The number of hydrogen-bond donors (Lipinski definition) is 3. The molecule has 3 N–H and O–H groups in total. The SMILES string of the molecule is COc1c(F)cc(NC(=O)N[C@H](C)C(=O)NC(C)(C)C)cc1F. The Bertz CT molecular complexity index is 577. The number of anilines is 1. The molecule has 8 heteroatoms. The number of amides is 3. The predicted octanol–water partition coefficient (Wildman–Crippen LogP) is 2.40. The summed E-state index contributed by atoms with van der Waals surface area (Å²) in [6.45, 7) is 6.91. The van der Waals surface area contributed by atoms with Gasteiger partial charge in [0, 0.05) is 23.4 Å². The van der Waals surface area contributed by atoms with Gasteiger partial charge in [0.15, 0.2) is 17.4 Å². The van der Waals surface area contributed by atoms with Crippen molar-refractivity contribution in [3.05, 3.63) is 23.8 Å². The lowest BCUT2D eigenvalue weighted by atomic mass is 10.1. The molecule has 0 aliphatic rings. The van der Waals surface area contributed by atoms with E-state index in [1.165, 1.54) is 6.92 Å². The van der Waals surface area contributed by atoms with Gasteiger partial charge in [0.1, 0.15) is 6.04 Å². The molecule has 0 fully saturated rings. The van der Waals surface area contributed by atoms with Crippen molar-refractivity contribution in [3.8, 4) is 5.75 Å². The van der Waals surface area contributed by atoms with E-state index in [2.05, 4.69) is 20.7 Å². The first-order valence-electron chi connectivity index (χ1n) is 6.96. The van der Waals surface area contributed by atoms with Gasteiger partial charge in [-0.1, -0.05) is 0 Å². The maximum atomic E-state index is 13.5. The fraction of sp³-hybridized carbons (Fsp3) is 0.467. The number of carbonyl (C=O) groups is 2. The van der Waals surface area contributed by atoms with Crippen molar-refractivity contribution < 1.29 is 23.1 Å². The number of nitrogens with one attached hydrogen (secondary N) is 3. The van der Waals surface area contributed by atoms with E-state index in [0.29, 0.717) is 0 Å². The van der Waals surface area contributed by atoms with Crippen molar-refractivity contribution in [2.45, 2.75) is 39.3 Å². The first-order valence-corrected chi connectivity index (χ1v) is 6.96. The van der Waals surface area contributed by atoms with Crippen LogP contribution in [-0.4, -0.2) is 30.6 Å². The molecule has 23 heavy (non-hydrogen) atoms. The molecule has 0 radical (unpaired) electrons. The Morgan fingerprint density at radius 2 is 1.70 bits per heavy atom. The van der Waals surface area contributed by atoms with E-state index in [0.717, 1.165) is 19.2 Å². The number of benzene rings is 1. The summed E-state index contributed by atoms with van der Waals surface area (Å²) >= 11 is 0. The van der Waals surface area contributed by atoms with Gasteiger partial charge in [-0.05, 0) is 27.7 Å². The highest BCUT2D eigenvalue weighted by Crippen LogP contribution is 2.25. The van der Waals surface area contributed by atoms with Crippen LogP contribution in [0.1, 0.15) is 27.7 Å². The Labute approximate surface area is 133 Å². The van der Waals surface area contributed by atoms with E-state index >= 15 is 0 Å². The molecule has 0 aliphatic heterocycles. The lowest BCUT2D eigenvalue weighted by Gasteiger charge is -2.23. The first kappa shape index (κ1) is 18.7. The quantitative estimate of drug-likeness (QED) is 0.793. The average molecular weight is 329 g/mol. The Kier molecular flexibility index (Phi) is 5.89. The minimum atomic E-state index is -0.943. The summed E-state index contributed by atoms with van der Waals surface area (Å²) in [4.78, 5) is 23.6. The maximum Gasteiger partial charge on any atom is 0.319 e. The molecule has 3 amide bonds. The van der Waals surface area contributed by atoms with Crippen LogP contribution >= 0.6 is 0 Å². The van der Waals surface area contributed by atoms with Gasteiger partial charge in [-0.2, -0.15) is 0 Å². The van der Waals surface area contributed by atoms with E-state index in [9.17, 15) is 18.4 Å². The van der Waals surface area contributed by atoms with Gasteiger partial charge < -0.3 is 20.7 Å². The van der Waals surface area contributed by atoms with E-state index in [4.69, 9.17) is 0 Å². The summed E-state index contributed by atoms with van der Waals surface area (Å²) in [6, 6.07) is 0.260. The van der Waals surface area contributed by atoms with Crippen molar-refractivity contribution in [2.24, 2.45) is 0 Å². The monoisotopic (exact) mass is 329 g/mol. The fourth-order valence-corrected chi connectivity index (χ4v) is 1.73. The first-order chi connectivity index (χ1) is 10.5. The van der Waals surface area contributed by atoms with Gasteiger partial charge in [0.25, 0.3) is 0 Å². The van der Waals surface area contributed by atoms with Gasteiger partial charge in [-0.3, -0.25) is 4.79 Å². The molecule has 1 aromatic carbocycles. The Morgan fingerprint density at radius 1 is 1.17 bits per heavy atom. The van der Waals surface area contributed by atoms with Gasteiger partial charge in [-0.25, -0.2) is 13.6 Å². The Balaban J connectivity index is 2.69. The number of methoxy groups -OCH3 is 1. The second-order valence-electron chi connectivity index (χ2n) is 6.03. The molecular weight excluding hydrogens is 308 g/mol. The highest BCUT2D eigenvalue weighted by atomic mass is 19.1. The second-order valence-corrected chi connectivity index (χ2v) is 6.03. The van der Waals surface area contributed by atoms with Crippen molar-refractivity contribution in [3.63, 3.8) is 0 Å². The summed E-state index contributed by atoms with van der Waals surface area (Å²) in [5.74, 6) is -2.80. The Morgan fingerprint density at radius 3 is 2.13 bits per heavy atom. The van der Waals surface area contributed by atoms with Crippen LogP contribution in [0.15, 0.2) is 12.1 Å². The molecule has 0 unspecified atom stereocenters. The van der Waals surface area contributed by atoms with Crippen molar-refractivity contribution in [1.82, 2.24) is 10.6 Å². The molecule has 0 aliphatic carbocycles. The maximum absolute atomic E-state index is 13.5. The van der Waals surface area contributed by atoms with Crippen LogP contribution in [0, 0.1) is 11.6 Å². The molecule has 6 nitrogen and oxygen atoms in total. The molecule has 0 bridgehead atoms. The van der Waals surface area contributed by atoms with E-state index in [-0.39, 0.29) is 11.6 Å². The van der Waals surface area contributed by atoms with Crippen LogP contribution < -0.4 is 20.7 Å². The fourth-order valence-electron chi connectivity index (χ4n) is 1.73. The van der Waals surface area contributed by atoms with Gasteiger partial charge in [-0.15, -0.1) is 0 Å². The molecule has 0 saturated heterocycles. The van der Waals surface area contributed by atoms with Crippen LogP contribution in [-0.2, 0) is 4.79 Å². The van der Waals surface area contributed by atoms with Gasteiger partial charge in [0.05, 0.1) is 7.11 Å². The largest absolute Gasteiger partial charge is 0.491 e. The van der Waals surface area contributed by atoms with Gasteiger partial charge >= 0.3 is 6.03 Å². The van der Waals surface area contributed by atoms with Gasteiger partial charge in [0.2, 0.25) is 5.91 Å². The minimum Gasteiger partial charge on any atom is -0.491 e. The number of carbonyl (C=O) groups excluding carboxylic acids is 2. The third-order valence-corrected chi connectivity index (χ3v) is 2.70. The van der Waals surface area contributed by atoms with Crippen LogP contribution in [0.25, 0.3) is 0 Å². The lowest BCUT2D eigenvalue weighted by Crippen LogP contribution is -2.51. The van der Waals surface area contributed by atoms with Crippen LogP contribution in [0.4, 0.5) is 19.3 Å². The number of halogens is 2. The standard InChI is InChI=1S/C15H21F2N3O3/c1-8(13(21)20-15(2,3)4)18-14(22)19-9-6-10(16)12(23-5)11(17)7-9/h6-8H,1-5H3,(H,20,21)(H2,18,19,22)/t8-/m1/s1. The Hall–Kier alpha value is -2.38. The topological polar surface area (TPSA) is 79.5 Å². The van der Waals surface area contributed by atoms with Crippen molar-refractivity contribution in [2.75, 3.05) is 12.4 Å². The zero-order chi connectivity index (χ0) is 17.8. The average Bonchev–Trinajstić information content (AvgIpc) is 2.35. The highest BCUT2D eigenvalue weighted by Gasteiger charge is 2.21. The minimum absolute atomic E-state index is 0.0956. The van der Waals surface area contributed by atoms with E-state index in [1.807, 2.05) is 0 Å². The third-order valence-electron chi connectivity index (χ3n) is 2.70. The molecule has 1 rings (SSSR count). The van der Waals surface area contributed by atoms with E-state index < -0.39 is 35.0 Å². The molecule has 0 aromatic heterocycles. The summed E-state index contributed by atoms with van der Waals surface area (Å²) < 4.78 is 31.6. The van der Waals surface area contributed by atoms with Crippen molar-refractivity contribution in [1.29, 1.82) is 0 Å². The molecule has 1 atom stereocenters. The predicted molar refractivity (Wildman–Crippen MR) is 82.4 cm³/mol. The molecule has 0 saturated carbocycles.